The van der Waals surface area contributed by atoms with Gasteiger partial charge in [0.1, 0.15) is 23.4 Å². The third-order valence-electron chi connectivity index (χ3n) is 4.77. The minimum absolute atomic E-state index is 0.0312. The van der Waals surface area contributed by atoms with Crippen LogP contribution < -0.4 is 10.1 Å². The number of fused-ring (bicyclic) bond motifs is 1. The van der Waals surface area contributed by atoms with E-state index in [1.165, 1.54) is 23.3 Å². The van der Waals surface area contributed by atoms with Gasteiger partial charge >= 0.3 is 0 Å². The molecule has 1 aromatic heterocycles. The molecular formula is C24H25FN2O2. The highest BCUT2D eigenvalue weighted by atomic mass is 19.1. The Kier molecular flexibility index (Phi) is 5.14. The molecule has 3 aromatic rings. The van der Waals surface area contributed by atoms with Crippen molar-refractivity contribution in [3.05, 3.63) is 83.6 Å². The van der Waals surface area contributed by atoms with Crippen LogP contribution in [0.15, 0.2) is 70.9 Å². The number of rotatable bonds is 4. The molecule has 0 fully saturated rings. The Morgan fingerprint density at radius 1 is 1.14 bits per heavy atom. The van der Waals surface area contributed by atoms with E-state index < -0.39 is 0 Å². The molecule has 1 aliphatic rings. The lowest BCUT2D eigenvalue weighted by atomic mass is 9.94. The third kappa shape index (κ3) is 4.67. The van der Waals surface area contributed by atoms with Crippen molar-refractivity contribution in [3.63, 3.8) is 0 Å². The van der Waals surface area contributed by atoms with E-state index in [4.69, 9.17) is 9.15 Å². The van der Waals surface area contributed by atoms with Gasteiger partial charge in [-0.05, 0) is 62.2 Å². The summed E-state index contributed by atoms with van der Waals surface area (Å²) in [6.07, 6.45) is 5.03. The molecule has 1 unspecified atom stereocenters. The largest absolute Gasteiger partial charge is 0.485 e. The predicted octanol–water partition coefficient (Wildman–Crippen LogP) is 5.30. The molecular weight excluding hydrogens is 367 g/mol. The molecule has 0 aliphatic carbocycles. The Hall–Kier alpha value is -3.08. The van der Waals surface area contributed by atoms with Crippen molar-refractivity contribution in [2.75, 3.05) is 0 Å². The van der Waals surface area contributed by atoms with Gasteiger partial charge in [0.15, 0.2) is 0 Å². The zero-order valence-electron chi connectivity index (χ0n) is 16.9. The van der Waals surface area contributed by atoms with Crippen LogP contribution in [0.25, 0.3) is 11.5 Å². The van der Waals surface area contributed by atoms with Crippen LogP contribution in [0.2, 0.25) is 0 Å². The van der Waals surface area contributed by atoms with Gasteiger partial charge in [-0.2, -0.15) is 0 Å². The number of nitrogens with one attached hydrogen (secondary N) is 1. The Balaban J connectivity index is 1.57. The molecule has 0 spiro atoms. The van der Waals surface area contributed by atoms with Crippen molar-refractivity contribution in [1.29, 1.82) is 0 Å². The number of nitrogens with zero attached hydrogens (tertiary/aromatic N) is 1. The maximum absolute atomic E-state index is 13.2. The molecule has 1 N–H and O–H groups in total. The first-order valence-electron chi connectivity index (χ1n) is 9.79. The second-order valence-electron chi connectivity index (χ2n) is 8.35. The molecule has 29 heavy (non-hydrogen) atoms. The lowest BCUT2D eigenvalue weighted by molar-refractivity contribution is 0.211. The highest BCUT2D eigenvalue weighted by Crippen LogP contribution is 2.32. The van der Waals surface area contributed by atoms with Crippen LogP contribution in [0.4, 0.5) is 4.39 Å². The maximum atomic E-state index is 13.2. The summed E-state index contributed by atoms with van der Waals surface area (Å²) in [5.74, 6) is 1.84. The second kappa shape index (κ2) is 7.74. The van der Waals surface area contributed by atoms with Gasteiger partial charge in [-0.3, -0.25) is 0 Å². The summed E-state index contributed by atoms with van der Waals surface area (Å²) in [4.78, 5) is 4.36. The van der Waals surface area contributed by atoms with Gasteiger partial charge in [-0.1, -0.05) is 18.2 Å². The summed E-state index contributed by atoms with van der Waals surface area (Å²) in [5.41, 5.74) is 3.06. The van der Waals surface area contributed by atoms with Gasteiger partial charge in [0.25, 0.3) is 0 Å². The van der Waals surface area contributed by atoms with Gasteiger partial charge in [-0.15, -0.1) is 0 Å². The van der Waals surface area contributed by atoms with Crippen molar-refractivity contribution in [3.8, 4) is 17.2 Å². The molecule has 150 valence electrons. The highest BCUT2D eigenvalue weighted by molar-refractivity contribution is 5.52. The van der Waals surface area contributed by atoms with Crippen LogP contribution in [0, 0.1) is 5.82 Å². The number of oxazole rings is 1. The zero-order valence-corrected chi connectivity index (χ0v) is 16.9. The van der Waals surface area contributed by atoms with Gasteiger partial charge in [-0.25, -0.2) is 9.37 Å². The summed E-state index contributed by atoms with van der Waals surface area (Å²) in [5, 5.41) is 3.45. The van der Waals surface area contributed by atoms with E-state index in [1.54, 1.807) is 18.3 Å². The summed E-state index contributed by atoms with van der Waals surface area (Å²) < 4.78 is 25.4. The third-order valence-corrected chi connectivity index (χ3v) is 4.77. The van der Waals surface area contributed by atoms with Crippen LogP contribution in [-0.2, 0) is 12.8 Å². The van der Waals surface area contributed by atoms with Crippen LogP contribution >= 0.6 is 0 Å². The Labute approximate surface area is 170 Å². The van der Waals surface area contributed by atoms with E-state index in [0.717, 1.165) is 23.5 Å². The van der Waals surface area contributed by atoms with Crippen molar-refractivity contribution in [2.45, 2.75) is 45.3 Å². The molecule has 0 radical (unpaired) electrons. The lowest BCUT2D eigenvalue weighted by Gasteiger charge is -2.30. The zero-order chi connectivity index (χ0) is 20.4. The quantitative estimate of drug-likeness (QED) is 0.655. The van der Waals surface area contributed by atoms with E-state index in [-0.39, 0.29) is 17.5 Å². The molecule has 0 bridgehead atoms. The van der Waals surface area contributed by atoms with Crippen molar-refractivity contribution < 1.29 is 13.5 Å². The Morgan fingerprint density at radius 2 is 1.90 bits per heavy atom. The number of benzene rings is 2. The summed E-state index contributed by atoms with van der Waals surface area (Å²) >= 11 is 0. The minimum Gasteiger partial charge on any atom is -0.485 e. The molecule has 0 saturated carbocycles. The van der Waals surface area contributed by atoms with E-state index in [2.05, 4.69) is 43.3 Å². The number of hydrogen-bond acceptors (Lipinski definition) is 4. The molecule has 0 amide bonds. The smallest absolute Gasteiger partial charge is 0.226 e. The minimum atomic E-state index is -0.282. The Bertz CT molecular complexity index is 1020. The fourth-order valence-electron chi connectivity index (χ4n) is 3.26. The summed E-state index contributed by atoms with van der Waals surface area (Å²) in [6, 6.07) is 14.2. The van der Waals surface area contributed by atoms with Crippen LogP contribution in [0.3, 0.4) is 0 Å². The average Bonchev–Trinajstić information content (AvgIpc) is 3.15. The number of hydrogen-bond donors (Lipinski definition) is 1. The van der Waals surface area contributed by atoms with Gasteiger partial charge < -0.3 is 14.5 Å². The molecule has 1 atom stereocenters. The van der Waals surface area contributed by atoms with Crippen LogP contribution in [0.5, 0.6) is 5.75 Å². The number of aromatic nitrogens is 1. The molecule has 4 rings (SSSR count). The molecule has 4 nitrogen and oxygen atoms in total. The standard InChI is InChI=1S/C24H25FN2O2/c1-24(2,3)27-14-18-12-17-6-4-5-7-21(17)29-22(18)13-20-15-26-23(28-20)16-8-10-19(25)11-9-16/h4-11,14-15,22,27H,12-13H2,1-3H3/b18-14-. The predicted molar refractivity (Wildman–Crippen MR) is 111 cm³/mol. The lowest BCUT2D eigenvalue weighted by Crippen LogP contribution is -2.35. The average molecular weight is 392 g/mol. The molecule has 1 aliphatic heterocycles. The number of halogens is 1. The van der Waals surface area contributed by atoms with E-state index in [0.29, 0.717) is 12.3 Å². The van der Waals surface area contributed by atoms with Crippen LogP contribution in [0.1, 0.15) is 32.1 Å². The van der Waals surface area contributed by atoms with E-state index in [9.17, 15) is 4.39 Å². The monoisotopic (exact) mass is 392 g/mol. The second-order valence-corrected chi connectivity index (χ2v) is 8.35. The van der Waals surface area contributed by atoms with Gasteiger partial charge in [0.05, 0.1) is 6.20 Å². The fraction of sp³-hybridized carbons (Fsp3) is 0.292. The molecule has 2 heterocycles. The molecule has 2 aromatic carbocycles. The first-order valence-corrected chi connectivity index (χ1v) is 9.79. The van der Waals surface area contributed by atoms with Gasteiger partial charge in [0, 0.05) is 30.1 Å². The fourth-order valence-corrected chi connectivity index (χ4v) is 3.26. The van der Waals surface area contributed by atoms with E-state index >= 15 is 0 Å². The SMILES string of the molecule is CC(C)(C)N/C=C1/Cc2ccccc2OC1Cc1cnc(-c2ccc(F)cc2)o1. The number of para-hydroxylation sites is 1. The first-order chi connectivity index (χ1) is 13.9. The maximum Gasteiger partial charge on any atom is 0.226 e. The highest BCUT2D eigenvalue weighted by Gasteiger charge is 2.26. The summed E-state index contributed by atoms with van der Waals surface area (Å²) in [6.45, 7) is 6.38. The summed E-state index contributed by atoms with van der Waals surface area (Å²) in [7, 11) is 0. The molecule has 5 heteroatoms. The van der Waals surface area contributed by atoms with Crippen molar-refractivity contribution in [1.82, 2.24) is 10.3 Å². The first kappa shape index (κ1) is 19.2. The molecule has 0 saturated heterocycles. The van der Waals surface area contributed by atoms with Crippen molar-refractivity contribution >= 4 is 0 Å². The topological polar surface area (TPSA) is 47.3 Å². The number of ether oxygens (including phenoxy) is 1. The van der Waals surface area contributed by atoms with Crippen molar-refractivity contribution in [2.24, 2.45) is 0 Å². The van der Waals surface area contributed by atoms with Gasteiger partial charge in [0.2, 0.25) is 5.89 Å². The van der Waals surface area contributed by atoms with Crippen LogP contribution in [-0.4, -0.2) is 16.6 Å². The normalized spacial score (nSPS) is 17.7. The Morgan fingerprint density at radius 3 is 2.66 bits per heavy atom. The van der Waals surface area contributed by atoms with E-state index in [1.807, 2.05) is 18.2 Å².